The average molecular weight is 360 g/mol. The molecule has 3 aromatic heterocycles. The van der Waals surface area contributed by atoms with Crippen LogP contribution in [-0.2, 0) is 11.8 Å². The number of aromatic hydroxyl groups is 1. The standard InChI is InChI=1S/C15H12N4O5S/c1-19-13-7(5-8(17-18-13)9-3-2-4-25-9)12(22)11(15(19)24)14(23)16-6-10(20)21/h2-5,22H,6H2,1H3,(H,16,23)(H,20,21). The molecule has 0 aliphatic rings. The van der Waals surface area contributed by atoms with Crippen molar-refractivity contribution in [2.75, 3.05) is 6.54 Å². The minimum Gasteiger partial charge on any atom is -0.506 e. The molecule has 1 amide bonds. The van der Waals surface area contributed by atoms with Crippen LogP contribution in [0.5, 0.6) is 5.75 Å². The first-order chi connectivity index (χ1) is 11.9. The van der Waals surface area contributed by atoms with E-state index in [1.807, 2.05) is 17.5 Å². The highest BCUT2D eigenvalue weighted by Crippen LogP contribution is 2.29. The summed E-state index contributed by atoms with van der Waals surface area (Å²) in [7, 11) is 1.39. The molecule has 0 spiro atoms. The number of rotatable bonds is 4. The zero-order chi connectivity index (χ0) is 18.1. The van der Waals surface area contributed by atoms with Gasteiger partial charge in [-0.05, 0) is 17.5 Å². The smallest absolute Gasteiger partial charge is 0.322 e. The third kappa shape index (κ3) is 2.94. The first-order valence-electron chi connectivity index (χ1n) is 7.03. The Balaban J connectivity index is 2.19. The van der Waals surface area contributed by atoms with E-state index >= 15 is 0 Å². The molecule has 0 saturated heterocycles. The molecule has 25 heavy (non-hydrogen) atoms. The Labute approximate surface area is 144 Å². The summed E-state index contributed by atoms with van der Waals surface area (Å²) < 4.78 is 1.08. The van der Waals surface area contributed by atoms with Crippen molar-refractivity contribution in [2.24, 2.45) is 7.05 Å². The molecule has 3 rings (SSSR count). The first-order valence-corrected chi connectivity index (χ1v) is 7.91. The third-order valence-electron chi connectivity index (χ3n) is 3.50. The number of carboxylic acids is 1. The van der Waals surface area contributed by atoms with Crippen molar-refractivity contribution in [1.82, 2.24) is 20.1 Å². The lowest BCUT2D eigenvalue weighted by molar-refractivity contribution is -0.135. The van der Waals surface area contributed by atoms with Crippen LogP contribution in [-0.4, -0.2) is 43.4 Å². The molecule has 0 unspecified atom stereocenters. The van der Waals surface area contributed by atoms with E-state index < -0.39 is 35.3 Å². The Morgan fingerprint density at radius 1 is 1.36 bits per heavy atom. The number of amides is 1. The molecule has 0 radical (unpaired) electrons. The van der Waals surface area contributed by atoms with Gasteiger partial charge in [-0.2, -0.15) is 0 Å². The van der Waals surface area contributed by atoms with Gasteiger partial charge in [-0.1, -0.05) is 6.07 Å². The van der Waals surface area contributed by atoms with Gasteiger partial charge in [-0.15, -0.1) is 21.5 Å². The molecule has 9 nitrogen and oxygen atoms in total. The summed E-state index contributed by atoms with van der Waals surface area (Å²) >= 11 is 1.42. The summed E-state index contributed by atoms with van der Waals surface area (Å²) in [5, 5.41) is 31.2. The molecule has 3 heterocycles. The van der Waals surface area contributed by atoms with Gasteiger partial charge in [0.15, 0.2) is 5.65 Å². The maximum Gasteiger partial charge on any atom is 0.322 e. The van der Waals surface area contributed by atoms with Crippen LogP contribution in [0.3, 0.4) is 0 Å². The molecule has 3 aromatic rings. The monoisotopic (exact) mass is 360 g/mol. The lowest BCUT2D eigenvalue weighted by Gasteiger charge is -2.11. The molecule has 0 fully saturated rings. The summed E-state index contributed by atoms with van der Waals surface area (Å²) in [5.74, 6) is -2.80. The number of hydrogen-bond acceptors (Lipinski definition) is 7. The Morgan fingerprint density at radius 2 is 2.12 bits per heavy atom. The molecule has 0 aromatic carbocycles. The summed E-state index contributed by atoms with van der Waals surface area (Å²) in [6, 6.07) is 5.17. The molecule has 3 N–H and O–H groups in total. The topological polar surface area (TPSA) is 134 Å². The normalized spacial score (nSPS) is 10.8. The number of hydrogen-bond donors (Lipinski definition) is 3. The van der Waals surface area contributed by atoms with Gasteiger partial charge < -0.3 is 15.5 Å². The van der Waals surface area contributed by atoms with Crippen molar-refractivity contribution >= 4 is 34.2 Å². The number of carbonyl (C=O) groups is 2. The fraction of sp³-hybridized carbons (Fsp3) is 0.133. The number of thiophene rings is 1. The van der Waals surface area contributed by atoms with E-state index in [-0.39, 0.29) is 11.0 Å². The van der Waals surface area contributed by atoms with Crippen LogP contribution in [0.25, 0.3) is 21.6 Å². The summed E-state index contributed by atoms with van der Waals surface area (Å²) in [5.41, 5.74) is -0.752. The zero-order valence-corrected chi connectivity index (χ0v) is 13.7. The molecule has 0 saturated carbocycles. The van der Waals surface area contributed by atoms with Gasteiger partial charge in [-0.3, -0.25) is 19.0 Å². The van der Waals surface area contributed by atoms with Gasteiger partial charge in [-0.25, -0.2) is 0 Å². The van der Waals surface area contributed by atoms with Crippen molar-refractivity contribution in [3.63, 3.8) is 0 Å². The number of carboxylic acid groups (broad SMARTS) is 1. The number of aromatic nitrogens is 3. The predicted octanol–water partition coefficient (Wildman–Crippen LogP) is 0.577. The molecule has 0 atom stereocenters. The number of aryl methyl sites for hydroxylation is 1. The van der Waals surface area contributed by atoms with E-state index in [1.54, 1.807) is 0 Å². The Morgan fingerprint density at radius 3 is 2.76 bits per heavy atom. The number of fused-ring (bicyclic) bond motifs is 1. The minimum absolute atomic E-state index is 0.109. The van der Waals surface area contributed by atoms with E-state index in [0.29, 0.717) is 5.69 Å². The van der Waals surface area contributed by atoms with Gasteiger partial charge in [0.25, 0.3) is 11.5 Å². The Bertz CT molecular complexity index is 1040. The lowest BCUT2D eigenvalue weighted by Crippen LogP contribution is -2.35. The quantitative estimate of drug-likeness (QED) is 0.619. The van der Waals surface area contributed by atoms with Crippen molar-refractivity contribution in [3.05, 3.63) is 39.5 Å². The van der Waals surface area contributed by atoms with Crippen LogP contribution in [0.1, 0.15) is 10.4 Å². The van der Waals surface area contributed by atoms with E-state index in [1.165, 1.54) is 24.5 Å². The van der Waals surface area contributed by atoms with Gasteiger partial charge in [0.05, 0.1) is 10.3 Å². The number of pyridine rings is 1. The summed E-state index contributed by atoms with van der Waals surface area (Å²) in [4.78, 5) is 35.8. The SMILES string of the molecule is Cn1c(=O)c(C(=O)NCC(=O)O)c(O)c2cc(-c3cccs3)nnc21. The zero-order valence-electron chi connectivity index (χ0n) is 12.9. The summed E-state index contributed by atoms with van der Waals surface area (Å²) in [6.07, 6.45) is 0. The fourth-order valence-corrected chi connectivity index (χ4v) is 2.98. The fourth-order valence-electron chi connectivity index (χ4n) is 2.30. The number of aliphatic carboxylic acids is 1. The lowest BCUT2D eigenvalue weighted by atomic mass is 10.1. The van der Waals surface area contributed by atoms with Gasteiger partial charge in [0.2, 0.25) is 0 Å². The molecular formula is C15H12N4O5S. The third-order valence-corrected chi connectivity index (χ3v) is 4.40. The molecule has 128 valence electrons. The number of carbonyl (C=O) groups excluding carboxylic acids is 1. The van der Waals surface area contributed by atoms with E-state index in [0.717, 1.165) is 9.44 Å². The van der Waals surface area contributed by atoms with Gasteiger partial charge in [0.1, 0.15) is 23.6 Å². The highest BCUT2D eigenvalue weighted by molar-refractivity contribution is 7.13. The van der Waals surface area contributed by atoms with Crippen LogP contribution >= 0.6 is 11.3 Å². The average Bonchev–Trinajstić information content (AvgIpc) is 3.12. The van der Waals surface area contributed by atoms with Gasteiger partial charge >= 0.3 is 5.97 Å². The Hall–Kier alpha value is -3.27. The van der Waals surface area contributed by atoms with Crippen LogP contribution in [0, 0.1) is 0 Å². The largest absolute Gasteiger partial charge is 0.506 e. The second-order valence-electron chi connectivity index (χ2n) is 5.11. The molecule has 0 aliphatic heterocycles. The highest BCUT2D eigenvalue weighted by Gasteiger charge is 2.23. The maximum absolute atomic E-state index is 12.3. The van der Waals surface area contributed by atoms with E-state index in [9.17, 15) is 19.5 Å². The van der Waals surface area contributed by atoms with Gasteiger partial charge in [0, 0.05) is 7.05 Å². The van der Waals surface area contributed by atoms with E-state index in [2.05, 4.69) is 15.5 Å². The van der Waals surface area contributed by atoms with E-state index in [4.69, 9.17) is 5.11 Å². The second-order valence-corrected chi connectivity index (χ2v) is 6.06. The minimum atomic E-state index is -1.27. The summed E-state index contributed by atoms with van der Waals surface area (Å²) in [6.45, 7) is -0.672. The molecular weight excluding hydrogens is 348 g/mol. The molecule has 0 bridgehead atoms. The molecule has 0 aliphatic carbocycles. The maximum atomic E-state index is 12.3. The van der Waals surface area contributed by atoms with Crippen molar-refractivity contribution in [3.8, 4) is 16.3 Å². The van der Waals surface area contributed by atoms with Crippen molar-refractivity contribution < 1.29 is 19.8 Å². The second kappa shape index (κ2) is 6.32. The highest BCUT2D eigenvalue weighted by atomic mass is 32.1. The van der Waals surface area contributed by atoms with Crippen molar-refractivity contribution in [2.45, 2.75) is 0 Å². The van der Waals surface area contributed by atoms with Crippen LogP contribution in [0.2, 0.25) is 0 Å². The number of nitrogens with one attached hydrogen (secondary N) is 1. The van der Waals surface area contributed by atoms with Crippen molar-refractivity contribution in [1.29, 1.82) is 0 Å². The van der Waals surface area contributed by atoms with Crippen LogP contribution in [0.15, 0.2) is 28.4 Å². The van der Waals surface area contributed by atoms with Crippen LogP contribution in [0.4, 0.5) is 0 Å². The number of nitrogens with zero attached hydrogens (tertiary/aromatic N) is 3. The first kappa shape index (κ1) is 16.6. The molecule has 10 heteroatoms. The predicted molar refractivity (Wildman–Crippen MR) is 89.7 cm³/mol. The Kier molecular flexibility index (Phi) is 4.19. The van der Waals surface area contributed by atoms with Crippen LogP contribution < -0.4 is 10.9 Å².